The highest BCUT2D eigenvalue weighted by Gasteiger charge is 2.12. The predicted molar refractivity (Wildman–Crippen MR) is 62.9 cm³/mol. The second-order valence-electron chi connectivity index (χ2n) is 4.13. The Morgan fingerprint density at radius 2 is 1.73 bits per heavy atom. The molecule has 1 aromatic rings. The monoisotopic (exact) mass is 208 g/mol. The fourth-order valence-electron chi connectivity index (χ4n) is 1.70. The Morgan fingerprint density at radius 1 is 1.13 bits per heavy atom. The van der Waals surface area contributed by atoms with Crippen molar-refractivity contribution in [2.45, 2.75) is 32.9 Å². The highest BCUT2D eigenvalue weighted by atomic mass is 16.5. The molecule has 0 saturated heterocycles. The highest BCUT2D eigenvalue weighted by Crippen LogP contribution is 2.30. The van der Waals surface area contributed by atoms with E-state index in [-0.39, 0.29) is 0 Å². The Bertz CT molecular complexity index is 346. The first-order valence-corrected chi connectivity index (χ1v) is 5.17. The van der Waals surface area contributed by atoms with Gasteiger partial charge < -0.3 is 16.2 Å². The van der Waals surface area contributed by atoms with Gasteiger partial charge in [-0.15, -0.1) is 0 Å². The third-order valence-corrected chi connectivity index (χ3v) is 2.60. The molecule has 3 nitrogen and oxygen atoms in total. The van der Waals surface area contributed by atoms with Crippen molar-refractivity contribution in [3.63, 3.8) is 0 Å². The minimum Gasteiger partial charge on any atom is -0.496 e. The maximum Gasteiger partial charge on any atom is 0.122 e. The Morgan fingerprint density at radius 3 is 2.13 bits per heavy atom. The molecular formula is C12H20N2O. The van der Waals surface area contributed by atoms with Crippen molar-refractivity contribution in [3.8, 4) is 5.75 Å². The van der Waals surface area contributed by atoms with E-state index in [4.69, 9.17) is 16.2 Å². The van der Waals surface area contributed by atoms with Gasteiger partial charge >= 0.3 is 0 Å². The van der Waals surface area contributed by atoms with Gasteiger partial charge in [0.2, 0.25) is 0 Å². The van der Waals surface area contributed by atoms with Gasteiger partial charge in [0, 0.05) is 0 Å². The van der Waals surface area contributed by atoms with Gasteiger partial charge in [0.1, 0.15) is 5.75 Å². The summed E-state index contributed by atoms with van der Waals surface area (Å²) >= 11 is 0. The largest absolute Gasteiger partial charge is 0.496 e. The van der Waals surface area contributed by atoms with E-state index in [1.54, 1.807) is 7.11 Å². The van der Waals surface area contributed by atoms with Gasteiger partial charge in [-0.25, -0.2) is 0 Å². The van der Waals surface area contributed by atoms with Crippen molar-refractivity contribution < 1.29 is 4.74 Å². The summed E-state index contributed by atoms with van der Waals surface area (Å²) in [6.07, 6.45) is -0.423. The molecule has 15 heavy (non-hydrogen) atoms. The number of nitrogens with two attached hydrogens (primary N) is 2. The SMILES string of the molecule is COc1cc(C)c(C(N)N)cc1C(C)C. The first kappa shape index (κ1) is 12.0. The second-order valence-corrected chi connectivity index (χ2v) is 4.13. The fraction of sp³-hybridized carbons (Fsp3) is 0.500. The molecule has 1 rings (SSSR count). The van der Waals surface area contributed by atoms with Gasteiger partial charge in [0.25, 0.3) is 0 Å². The van der Waals surface area contributed by atoms with Crippen LogP contribution in [0.3, 0.4) is 0 Å². The summed E-state index contributed by atoms with van der Waals surface area (Å²) in [6, 6.07) is 4.04. The lowest BCUT2D eigenvalue weighted by molar-refractivity contribution is 0.407. The van der Waals surface area contributed by atoms with E-state index < -0.39 is 6.17 Å². The molecule has 84 valence electrons. The summed E-state index contributed by atoms with van der Waals surface area (Å²) in [5.74, 6) is 1.31. The molecule has 0 saturated carbocycles. The standard InChI is InChI=1S/C12H20N2O/c1-7(2)9-6-10(12(13)14)8(3)5-11(9)15-4/h5-7,12H,13-14H2,1-4H3. The average molecular weight is 208 g/mol. The molecule has 0 aromatic heterocycles. The molecule has 0 aliphatic carbocycles. The van der Waals surface area contributed by atoms with Gasteiger partial charge in [-0.1, -0.05) is 13.8 Å². The van der Waals surface area contributed by atoms with Crippen molar-refractivity contribution in [1.29, 1.82) is 0 Å². The molecule has 1 aromatic carbocycles. The Balaban J connectivity index is 3.30. The van der Waals surface area contributed by atoms with Crippen molar-refractivity contribution in [1.82, 2.24) is 0 Å². The third kappa shape index (κ3) is 2.49. The van der Waals surface area contributed by atoms with Crippen molar-refractivity contribution >= 4 is 0 Å². The number of aryl methyl sites for hydroxylation is 1. The quantitative estimate of drug-likeness (QED) is 0.747. The third-order valence-electron chi connectivity index (χ3n) is 2.60. The number of ether oxygens (including phenoxy) is 1. The molecular weight excluding hydrogens is 188 g/mol. The first-order valence-electron chi connectivity index (χ1n) is 5.17. The van der Waals surface area contributed by atoms with E-state index in [1.165, 1.54) is 0 Å². The lowest BCUT2D eigenvalue weighted by Gasteiger charge is -2.17. The number of benzene rings is 1. The van der Waals surface area contributed by atoms with Crippen LogP contribution in [0.2, 0.25) is 0 Å². The maximum absolute atomic E-state index is 5.71. The first-order chi connectivity index (χ1) is 6.97. The zero-order valence-electron chi connectivity index (χ0n) is 9.87. The van der Waals surface area contributed by atoms with Crippen molar-refractivity contribution in [3.05, 3.63) is 28.8 Å². The summed E-state index contributed by atoms with van der Waals surface area (Å²) in [6.45, 7) is 6.24. The smallest absolute Gasteiger partial charge is 0.122 e. The van der Waals surface area contributed by atoms with E-state index >= 15 is 0 Å². The molecule has 0 radical (unpaired) electrons. The summed E-state index contributed by atoms with van der Waals surface area (Å²) < 4.78 is 5.34. The van der Waals surface area contributed by atoms with Crippen LogP contribution >= 0.6 is 0 Å². The molecule has 3 heteroatoms. The normalized spacial score (nSPS) is 11.2. The molecule has 0 aliphatic rings. The van der Waals surface area contributed by atoms with E-state index in [2.05, 4.69) is 13.8 Å². The molecule has 0 aliphatic heterocycles. The van der Waals surface area contributed by atoms with Crippen LogP contribution < -0.4 is 16.2 Å². The summed E-state index contributed by atoms with van der Waals surface area (Å²) in [5.41, 5.74) is 14.6. The zero-order valence-corrected chi connectivity index (χ0v) is 9.87. The zero-order chi connectivity index (χ0) is 11.6. The van der Waals surface area contributed by atoms with Gasteiger partial charge in [-0.2, -0.15) is 0 Å². The van der Waals surface area contributed by atoms with Gasteiger partial charge in [-0.3, -0.25) is 0 Å². The fourth-order valence-corrected chi connectivity index (χ4v) is 1.70. The van der Waals surface area contributed by atoms with Crippen LogP contribution in [-0.4, -0.2) is 7.11 Å². The minimum absolute atomic E-state index is 0.401. The molecule has 4 N–H and O–H groups in total. The Hall–Kier alpha value is -1.06. The maximum atomic E-state index is 5.71. The molecule has 0 fully saturated rings. The van der Waals surface area contributed by atoms with Crippen LogP contribution in [-0.2, 0) is 0 Å². The Kier molecular flexibility index (Phi) is 3.72. The van der Waals surface area contributed by atoms with Gasteiger partial charge in [0.15, 0.2) is 0 Å². The lowest BCUT2D eigenvalue weighted by atomic mass is 9.95. The number of rotatable bonds is 3. The van der Waals surface area contributed by atoms with E-state index in [1.807, 2.05) is 19.1 Å². The number of methoxy groups -OCH3 is 1. The van der Waals surface area contributed by atoms with Crippen molar-refractivity contribution in [2.24, 2.45) is 11.5 Å². The van der Waals surface area contributed by atoms with Crippen molar-refractivity contribution in [2.75, 3.05) is 7.11 Å². The lowest BCUT2D eigenvalue weighted by Crippen LogP contribution is -2.21. The molecule has 0 unspecified atom stereocenters. The van der Waals surface area contributed by atoms with Crippen LogP contribution in [0.5, 0.6) is 5.75 Å². The summed E-state index contributed by atoms with van der Waals surface area (Å²) in [7, 11) is 1.68. The number of hydrogen-bond donors (Lipinski definition) is 2. The van der Waals surface area contributed by atoms with Gasteiger partial charge in [0.05, 0.1) is 13.3 Å². The predicted octanol–water partition coefficient (Wildman–Crippen LogP) is 2.04. The Labute approximate surface area is 91.4 Å². The molecule has 0 heterocycles. The molecule has 0 amide bonds. The summed E-state index contributed by atoms with van der Waals surface area (Å²) in [4.78, 5) is 0. The van der Waals surface area contributed by atoms with E-state index in [0.717, 1.165) is 22.4 Å². The molecule has 0 bridgehead atoms. The van der Waals surface area contributed by atoms with Gasteiger partial charge in [-0.05, 0) is 41.7 Å². The molecule has 0 spiro atoms. The highest BCUT2D eigenvalue weighted by molar-refractivity contribution is 5.44. The second kappa shape index (κ2) is 4.64. The topological polar surface area (TPSA) is 61.3 Å². The molecule has 0 atom stereocenters. The van der Waals surface area contributed by atoms with Crippen LogP contribution in [0.25, 0.3) is 0 Å². The van der Waals surface area contributed by atoms with Crippen LogP contribution in [0.4, 0.5) is 0 Å². The summed E-state index contributed by atoms with van der Waals surface area (Å²) in [5, 5.41) is 0. The minimum atomic E-state index is -0.423. The van der Waals surface area contributed by atoms with Crippen LogP contribution in [0.15, 0.2) is 12.1 Å². The van der Waals surface area contributed by atoms with Crippen LogP contribution in [0, 0.1) is 6.92 Å². The number of hydrogen-bond acceptors (Lipinski definition) is 3. The van der Waals surface area contributed by atoms with E-state index in [9.17, 15) is 0 Å². The van der Waals surface area contributed by atoms with E-state index in [0.29, 0.717) is 5.92 Å². The average Bonchev–Trinajstić information content (AvgIpc) is 2.16. The van der Waals surface area contributed by atoms with Crippen LogP contribution in [0.1, 0.15) is 42.6 Å².